The topological polar surface area (TPSA) is 52.6 Å². The van der Waals surface area contributed by atoms with Gasteiger partial charge in [0.25, 0.3) is 0 Å². The van der Waals surface area contributed by atoms with Gasteiger partial charge in [0, 0.05) is 11.5 Å². The highest BCUT2D eigenvalue weighted by molar-refractivity contribution is 8.06. The summed E-state index contributed by atoms with van der Waals surface area (Å²) in [5.74, 6) is 0.535. The zero-order valence-corrected chi connectivity index (χ0v) is 14.4. The van der Waals surface area contributed by atoms with Gasteiger partial charge in [0.2, 0.25) is 0 Å². The Hall–Kier alpha value is -1.92. The van der Waals surface area contributed by atoms with Crippen LogP contribution in [-0.4, -0.2) is 34.3 Å². The molecule has 1 aliphatic rings. The maximum absolute atomic E-state index is 12.0. The Morgan fingerprint density at radius 1 is 0.708 bits per heavy atom. The fourth-order valence-corrected chi connectivity index (χ4v) is 4.56. The molecule has 0 aliphatic carbocycles. The van der Waals surface area contributed by atoms with Gasteiger partial charge in [-0.25, -0.2) is 9.59 Å². The highest BCUT2D eigenvalue weighted by atomic mass is 32.2. The van der Waals surface area contributed by atoms with Crippen LogP contribution in [0.2, 0.25) is 0 Å². The van der Waals surface area contributed by atoms with Crippen LogP contribution in [0.25, 0.3) is 0 Å². The van der Waals surface area contributed by atoms with Crippen LogP contribution in [-0.2, 0) is 9.47 Å². The summed E-state index contributed by atoms with van der Waals surface area (Å²) in [6.07, 6.45) is 0. The van der Waals surface area contributed by atoms with Gasteiger partial charge in [0.1, 0.15) is 0 Å². The van der Waals surface area contributed by atoms with E-state index in [1.54, 1.807) is 48.5 Å². The number of carbonyl (C=O) groups is 2. The van der Waals surface area contributed by atoms with Crippen molar-refractivity contribution >= 4 is 35.5 Å². The molecule has 124 valence electrons. The van der Waals surface area contributed by atoms with Crippen molar-refractivity contribution < 1.29 is 19.1 Å². The Kier molecular flexibility index (Phi) is 5.82. The van der Waals surface area contributed by atoms with Gasteiger partial charge < -0.3 is 9.47 Å². The normalized spacial score (nSPS) is 20.2. The van der Waals surface area contributed by atoms with Gasteiger partial charge in [-0.1, -0.05) is 36.4 Å². The molecular weight excluding hydrogens is 344 g/mol. The number of ether oxygens (including phenoxy) is 2. The predicted molar refractivity (Wildman–Crippen MR) is 96.2 cm³/mol. The van der Waals surface area contributed by atoms with Crippen LogP contribution < -0.4 is 0 Å². The van der Waals surface area contributed by atoms with Crippen molar-refractivity contribution in [3.8, 4) is 0 Å². The van der Waals surface area contributed by atoms with Crippen LogP contribution >= 0.6 is 23.5 Å². The third-order valence-electron chi connectivity index (χ3n) is 3.33. The lowest BCUT2D eigenvalue weighted by Gasteiger charge is -2.27. The average molecular weight is 360 g/mol. The van der Waals surface area contributed by atoms with Gasteiger partial charge in [-0.15, -0.1) is 23.5 Å². The molecule has 0 aromatic heterocycles. The fourth-order valence-electron chi connectivity index (χ4n) is 2.13. The van der Waals surface area contributed by atoms with E-state index in [9.17, 15) is 9.59 Å². The standard InChI is InChI=1S/C18H16O4S2/c19-17(13-7-3-1-4-8-13)21-15-11-24-16(12-23-15)22-18(20)14-9-5-2-6-10-14/h1-10,15-16H,11-12H2/t15-,16-/m0/s1. The summed E-state index contributed by atoms with van der Waals surface area (Å²) in [6, 6.07) is 17.8. The smallest absolute Gasteiger partial charge is 0.339 e. The Balaban J connectivity index is 1.46. The lowest BCUT2D eigenvalue weighted by atomic mass is 10.2. The van der Waals surface area contributed by atoms with Gasteiger partial charge in [-0.05, 0) is 24.3 Å². The molecule has 2 aromatic carbocycles. The molecule has 2 atom stereocenters. The number of hydrogen-bond donors (Lipinski definition) is 0. The highest BCUT2D eigenvalue weighted by Gasteiger charge is 2.28. The molecule has 0 N–H and O–H groups in total. The lowest BCUT2D eigenvalue weighted by Crippen LogP contribution is -2.29. The first kappa shape index (κ1) is 16.9. The number of carbonyl (C=O) groups excluding carboxylic acids is 2. The maximum atomic E-state index is 12.0. The summed E-state index contributed by atoms with van der Waals surface area (Å²) in [5, 5.41) is 0. The average Bonchev–Trinajstić information content (AvgIpc) is 2.65. The maximum Gasteiger partial charge on any atom is 0.339 e. The van der Waals surface area contributed by atoms with Crippen molar-refractivity contribution in [3.63, 3.8) is 0 Å². The molecule has 24 heavy (non-hydrogen) atoms. The first-order valence-electron chi connectivity index (χ1n) is 7.47. The minimum atomic E-state index is -0.326. The second kappa shape index (κ2) is 8.26. The molecule has 1 aliphatic heterocycles. The van der Waals surface area contributed by atoms with E-state index in [1.807, 2.05) is 12.1 Å². The lowest BCUT2D eigenvalue weighted by molar-refractivity contribution is 0.0444. The van der Waals surface area contributed by atoms with Crippen molar-refractivity contribution in [2.45, 2.75) is 10.9 Å². The van der Waals surface area contributed by atoms with Crippen LogP contribution in [0, 0.1) is 0 Å². The quantitative estimate of drug-likeness (QED) is 0.773. The molecule has 0 bridgehead atoms. The predicted octanol–water partition coefficient (Wildman–Crippen LogP) is 3.83. The Labute approximate surface area is 148 Å². The van der Waals surface area contributed by atoms with Gasteiger partial charge in [-0.2, -0.15) is 0 Å². The number of hydrogen-bond acceptors (Lipinski definition) is 6. The molecule has 1 fully saturated rings. The molecule has 2 aromatic rings. The summed E-state index contributed by atoms with van der Waals surface area (Å²) >= 11 is 2.98. The molecule has 6 heteroatoms. The molecule has 4 nitrogen and oxygen atoms in total. The molecule has 3 rings (SSSR count). The van der Waals surface area contributed by atoms with Gasteiger partial charge in [0.05, 0.1) is 11.1 Å². The summed E-state index contributed by atoms with van der Waals surface area (Å²) in [7, 11) is 0. The van der Waals surface area contributed by atoms with E-state index < -0.39 is 0 Å². The van der Waals surface area contributed by atoms with Crippen molar-refractivity contribution in [2.75, 3.05) is 11.5 Å². The van der Waals surface area contributed by atoms with E-state index in [0.717, 1.165) is 0 Å². The second-order valence-electron chi connectivity index (χ2n) is 5.07. The Bertz CT molecular complexity index is 621. The van der Waals surface area contributed by atoms with E-state index in [1.165, 1.54) is 23.5 Å². The molecule has 0 spiro atoms. The highest BCUT2D eigenvalue weighted by Crippen LogP contribution is 2.32. The number of benzene rings is 2. The molecular formula is C18H16O4S2. The number of thioether (sulfide) groups is 2. The molecule has 1 saturated heterocycles. The first-order valence-corrected chi connectivity index (χ1v) is 9.57. The number of esters is 2. The third kappa shape index (κ3) is 4.55. The molecule has 0 saturated carbocycles. The SMILES string of the molecule is O=C(O[C@@H]1CS[C@H](OC(=O)c2ccccc2)CS1)c1ccccc1. The van der Waals surface area contributed by atoms with E-state index in [-0.39, 0.29) is 22.8 Å². The molecule has 0 radical (unpaired) electrons. The molecule has 0 amide bonds. The summed E-state index contributed by atoms with van der Waals surface area (Å²) < 4.78 is 11.0. The minimum Gasteiger partial charge on any atom is -0.447 e. The van der Waals surface area contributed by atoms with E-state index in [2.05, 4.69) is 0 Å². The van der Waals surface area contributed by atoms with Crippen LogP contribution in [0.3, 0.4) is 0 Å². The second-order valence-corrected chi connectivity index (χ2v) is 7.45. The summed E-state index contributed by atoms with van der Waals surface area (Å²) in [5.41, 5.74) is 0.630. The van der Waals surface area contributed by atoms with Crippen molar-refractivity contribution in [1.82, 2.24) is 0 Å². The summed E-state index contributed by atoms with van der Waals surface area (Å²) in [6.45, 7) is 0. The van der Waals surface area contributed by atoms with E-state index >= 15 is 0 Å². The zero-order chi connectivity index (χ0) is 16.8. The molecule has 0 unspecified atom stereocenters. The third-order valence-corrected chi connectivity index (χ3v) is 6.01. The van der Waals surface area contributed by atoms with E-state index in [4.69, 9.17) is 9.47 Å². The zero-order valence-electron chi connectivity index (χ0n) is 12.8. The van der Waals surface area contributed by atoms with Crippen LogP contribution in [0.15, 0.2) is 60.7 Å². The minimum absolute atomic E-state index is 0.227. The largest absolute Gasteiger partial charge is 0.447 e. The Morgan fingerprint density at radius 2 is 1.08 bits per heavy atom. The van der Waals surface area contributed by atoms with Gasteiger partial charge in [-0.3, -0.25) is 0 Å². The van der Waals surface area contributed by atoms with E-state index in [0.29, 0.717) is 22.6 Å². The van der Waals surface area contributed by atoms with Crippen molar-refractivity contribution in [1.29, 1.82) is 0 Å². The van der Waals surface area contributed by atoms with Gasteiger partial charge in [0.15, 0.2) is 10.9 Å². The van der Waals surface area contributed by atoms with Crippen molar-refractivity contribution in [2.24, 2.45) is 0 Å². The monoisotopic (exact) mass is 360 g/mol. The fraction of sp³-hybridized carbons (Fsp3) is 0.222. The van der Waals surface area contributed by atoms with Gasteiger partial charge >= 0.3 is 11.9 Å². The van der Waals surface area contributed by atoms with Crippen molar-refractivity contribution in [3.05, 3.63) is 71.8 Å². The number of rotatable bonds is 4. The van der Waals surface area contributed by atoms with Crippen LogP contribution in [0.4, 0.5) is 0 Å². The Morgan fingerprint density at radius 3 is 1.42 bits per heavy atom. The van der Waals surface area contributed by atoms with Crippen LogP contribution in [0.1, 0.15) is 20.7 Å². The van der Waals surface area contributed by atoms with Crippen LogP contribution in [0.5, 0.6) is 0 Å². The first-order chi connectivity index (χ1) is 11.7. The summed E-state index contributed by atoms with van der Waals surface area (Å²) in [4.78, 5) is 24.1. The molecule has 1 heterocycles.